The van der Waals surface area contributed by atoms with E-state index in [0.717, 1.165) is 19.1 Å². The fourth-order valence-electron chi connectivity index (χ4n) is 1.65. The second-order valence-electron chi connectivity index (χ2n) is 4.61. The Balaban J connectivity index is 2.23. The van der Waals surface area contributed by atoms with Crippen LogP contribution in [0.2, 0.25) is 0 Å². The molecule has 0 aromatic heterocycles. The first kappa shape index (κ1) is 15.7. The summed E-state index contributed by atoms with van der Waals surface area (Å²) in [5, 5.41) is 13.8. The lowest BCUT2D eigenvalue weighted by Gasteiger charge is -2.16. The van der Waals surface area contributed by atoms with E-state index in [4.69, 9.17) is 5.11 Å². The zero-order chi connectivity index (χ0) is 14.5. The average Bonchev–Trinajstić information content (AvgIpc) is 3.05. The summed E-state index contributed by atoms with van der Waals surface area (Å²) in [6.45, 7) is 0.239. The van der Waals surface area contributed by atoms with Crippen molar-refractivity contribution >= 4 is 22.0 Å². The van der Waals surface area contributed by atoms with E-state index in [-0.39, 0.29) is 31.5 Å². The Morgan fingerprint density at radius 2 is 1.95 bits per heavy atom. The van der Waals surface area contributed by atoms with E-state index >= 15 is 0 Å². The predicted octanol–water partition coefficient (Wildman–Crippen LogP) is -0.912. The lowest BCUT2D eigenvalue weighted by Crippen LogP contribution is -2.46. The standard InChI is InChI=1S/C10H19N3O5S/c1-19(17,18)12-5-4-11-10(16)13-8(6-9(14)15)7-2-3-7/h7-8,12H,2-6H2,1H3,(H,14,15)(H2,11,13,16). The number of nitrogens with one attached hydrogen (secondary N) is 3. The largest absolute Gasteiger partial charge is 0.481 e. The highest BCUT2D eigenvalue weighted by Gasteiger charge is 2.33. The van der Waals surface area contributed by atoms with Crippen LogP contribution in [0.3, 0.4) is 0 Å². The third-order valence-electron chi connectivity index (χ3n) is 2.68. The van der Waals surface area contributed by atoms with Gasteiger partial charge in [-0.3, -0.25) is 4.79 Å². The number of carboxylic acid groups (broad SMARTS) is 1. The van der Waals surface area contributed by atoms with Crippen molar-refractivity contribution in [3.8, 4) is 0 Å². The Morgan fingerprint density at radius 1 is 1.32 bits per heavy atom. The van der Waals surface area contributed by atoms with Gasteiger partial charge >= 0.3 is 12.0 Å². The van der Waals surface area contributed by atoms with Crippen LogP contribution in [0, 0.1) is 5.92 Å². The van der Waals surface area contributed by atoms with Gasteiger partial charge in [-0.2, -0.15) is 0 Å². The van der Waals surface area contributed by atoms with Crippen LogP contribution in [0.15, 0.2) is 0 Å². The summed E-state index contributed by atoms with van der Waals surface area (Å²) in [4.78, 5) is 22.1. The number of rotatable bonds is 8. The Kier molecular flexibility index (Phi) is 5.55. The highest BCUT2D eigenvalue weighted by Crippen LogP contribution is 2.33. The van der Waals surface area contributed by atoms with Crippen molar-refractivity contribution in [2.45, 2.75) is 25.3 Å². The molecule has 0 radical (unpaired) electrons. The normalized spacial score (nSPS) is 16.7. The molecule has 0 spiro atoms. The molecule has 1 saturated carbocycles. The Morgan fingerprint density at radius 3 is 2.42 bits per heavy atom. The van der Waals surface area contributed by atoms with Crippen molar-refractivity contribution in [1.82, 2.24) is 15.4 Å². The van der Waals surface area contributed by atoms with E-state index in [0.29, 0.717) is 0 Å². The highest BCUT2D eigenvalue weighted by atomic mass is 32.2. The molecule has 8 nitrogen and oxygen atoms in total. The lowest BCUT2D eigenvalue weighted by molar-refractivity contribution is -0.137. The topological polar surface area (TPSA) is 125 Å². The first-order valence-corrected chi connectivity index (χ1v) is 7.88. The van der Waals surface area contributed by atoms with Gasteiger partial charge in [-0.1, -0.05) is 0 Å². The van der Waals surface area contributed by atoms with Gasteiger partial charge in [-0.05, 0) is 18.8 Å². The zero-order valence-corrected chi connectivity index (χ0v) is 11.5. The van der Waals surface area contributed by atoms with Gasteiger partial charge in [0.25, 0.3) is 0 Å². The van der Waals surface area contributed by atoms with Gasteiger partial charge in [0.2, 0.25) is 10.0 Å². The number of carbonyl (C=O) groups excluding carboxylic acids is 1. The summed E-state index contributed by atoms with van der Waals surface area (Å²) in [7, 11) is -3.26. The molecular weight excluding hydrogens is 274 g/mol. The molecule has 0 aliphatic heterocycles. The molecule has 0 heterocycles. The summed E-state index contributed by atoms with van der Waals surface area (Å²) in [6, 6.07) is -0.839. The lowest BCUT2D eigenvalue weighted by atomic mass is 10.1. The summed E-state index contributed by atoms with van der Waals surface area (Å²) in [5.74, 6) is -0.716. The molecule has 2 amide bonds. The number of hydrogen-bond acceptors (Lipinski definition) is 4. The molecular formula is C10H19N3O5S. The summed E-state index contributed by atoms with van der Waals surface area (Å²) < 4.78 is 23.8. The van der Waals surface area contributed by atoms with Crippen LogP contribution in [0.5, 0.6) is 0 Å². The number of carbonyl (C=O) groups is 2. The van der Waals surface area contributed by atoms with E-state index in [2.05, 4.69) is 15.4 Å². The quantitative estimate of drug-likeness (QED) is 0.431. The molecule has 0 bridgehead atoms. The van der Waals surface area contributed by atoms with E-state index < -0.39 is 22.0 Å². The number of sulfonamides is 1. The van der Waals surface area contributed by atoms with Crippen LogP contribution in [-0.2, 0) is 14.8 Å². The Hall–Kier alpha value is -1.35. The van der Waals surface area contributed by atoms with Crippen LogP contribution < -0.4 is 15.4 Å². The number of urea groups is 1. The number of aliphatic carboxylic acids is 1. The van der Waals surface area contributed by atoms with Crippen molar-refractivity contribution in [3.05, 3.63) is 0 Å². The second kappa shape index (κ2) is 6.71. The molecule has 19 heavy (non-hydrogen) atoms. The van der Waals surface area contributed by atoms with Crippen molar-refractivity contribution in [2.75, 3.05) is 19.3 Å². The first-order chi connectivity index (χ1) is 8.78. The maximum atomic E-state index is 11.5. The number of hydrogen-bond donors (Lipinski definition) is 4. The van der Waals surface area contributed by atoms with E-state index in [1.165, 1.54) is 0 Å². The van der Waals surface area contributed by atoms with Crippen molar-refractivity contribution in [1.29, 1.82) is 0 Å². The molecule has 1 atom stereocenters. The van der Waals surface area contributed by atoms with Crippen LogP contribution in [-0.4, -0.2) is 50.9 Å². The average molecular weight is 293 g/mol. The Labute approximate surface area is 112 Å². The fourth-order valence-corrected chi connectivity index (χ4v) is 2.13. The third-order valence-corrected chi connectivity index (χ3v) is 3.41. The van der Waals surface area contributed by atoms with Gasteiger partial charge in [0.05, 0.1) is 12.7 Å². The smallest absolute Gasteiger partial charge is 0.315 e. The molecule has 1 fully saturated rings. The van der Waals surface area contributed by atoms with Crippen LogP contribution >= 0.6 is 0 Å². The Bertz CT molecular complexity index is 432. The zero-order valence-electron chi connectivity index (χ0n) is 10.7. The molecule has 9 heteroatoms. The minimum Gasteiger partial charge on any atom is -0.481 e. The molecule has 0 aromatic carbocycles. The van der Waals surface area contributed by atoms with Gasteiger partial charge in [0.1, 0.15) is 0 Å². The minimum atomic E-state index is -3.26. The third kappa shape index (κ3) is 7.62. The van der Waals surface area contributed by atoms with Crippen molar-refractivity contribution < 1.29 is 23.1 Å². The predicted molar refractivity (Wildman–Crippen MR) is 68.1 cm³/mol. The number of carboxylic acids is 1. The SMILES string of the molecule is CS(=O)(=O)NCCNC(=O)NC(CC(=O)O)C1CC1. The van der Waals surface area contributed by atoms with Crippen molar-refractivity contribution in [2.24, 2.45) is 5.92 Å². The van der Waals surface area contributed by atoms with Gasteiger partial charge < -0.3 is 15.7 Å². The molecule has 1 rings (SSSR count). The fraction of sp³-hybridized carbons (Fsp3) is 0.800. The summed E-state index contributed by atoms with van der Waals surface area (Å²) in [6.07, 6.45) is 2.78. The summed E-state index contributed by atoms with van der Waals surface area (Å²) >= 11 is 0. The van der Waals surface area contributed by atoms with Crippen LogP contribution in [0.25, 0.3) is 0 Å². The maximum Gasteiger partial charge on any atom is 0.315 e. The van der Waals surface area contributed by atoms with Crippen molar-refractivity contribution in [3.63, 3.8) is 0 Å². The minimum absolute atomic E-state index is 0.0965. The second-order valence-corrected chi connectivity index (χ2v) is 6.44. The monoisotopic (exact) mass is 293 g/mol. The van der Waals surface area contributed by atoms with E-state index in [9.17, 15) is 18.0 Å². The molecule has 4 N–H and O–H groups in total. The molecule has 110 valence electrons. The van der Waals surface area contributed by atoms with Gasteiger partial charge in [0, 0.05) is 19.1 Å². The van der Waals surface area contributed by atoms with Crippen LogP contribution in [0.4, 0.5) is 4.79 Å². The molecule has 0 saturated heterocycles. The van der Waals surface area contributed by atoms with Gasteiger partial charge in [-0.15, -0.1) is 0 Å². The first-order valence-electron chi connectivity index (χ1n) is 5.98. The summed E-state index contributed by atoms with van der Waals surface area (Å²) in [5.41, 5.74) is 0. The van der Waals surface area contributed by atoms with E-state index in [1.807, 2.05) is 0 Å². The molecule has 1 aliphatic rings. The van der Waals surface area contributed by atoms with Gasteiger partial charge in [0.15, 0.2) is 0 Å². The van der Waals surface area contributed by atoms with Crippen LogP contribution in [0.1, 0.15) is 19.3 Å². The van der Waals surface area contributed by atoms with E-state index in [1.54, 1.807) is 0 Å². The molecule has 1 unspecified atom stereocenters. The number of amides is 2. The molecule has 1 aliphatic carbocycles. The molecule has 0 aromatic rings. The van der Waals surface area contributed by atoms with Gasteiger partial charge in [-0.25, -0.2) is 17.9 Å². The highest BCUT2D eigenvalue weighted by molar-refractivity contribution is 7.88. The maximum absolute atomic E-state index is 11.5.